The molecular weight excluding hydrogens is 369 g/mol. The molecule has 25 heavy (non-hydrogen) atoms. The summed E-state index contributed by atoms with van der Waals surface area (Å²) in [6.45, 7) is 0.269. The molecule has 0 atom stereocenters. The second-order valence-electron chi connectivity index (χ2n) is 4.93. The van der Waals surface area contributed by atoms with Gasteiger partial charge in [-0.3, -0.25) is 0 Å². The Morgan fingerprint density at radius 1 is 1.16 bits per heavy atom. The number of anilines is 1. The molecule has 10 heteroatoms. The van der Waals surface area contributed by atoms with E-state index in [1.54, 1.807) is 0 Å². The van der Waals surface area contributed by atoms with Gasteiger partial charge < -0.3 is 9.64 Å². The Hall–Kier alpha value is -2.16. The molecule has 2 rings (SSSR count). The van der Waals surface area contributed by atoms with Crippen molar-refractivity contribution >= 4 is 17.4 Å². The van der Waals surface area contributed by atoms with Gasteiger partial charge in [-0.15, -0.1) is 13.2 Å². The van der Waals surface area contributed by atoms with E-state index in [1.165, 1.54) is 26.0 Å². The molecule has 0 bridgehead atoms. The Morgan fingerprint density at radius 3 is 2.24 bits per heavy atom. The van der Waals surface area contributed by atoms with Crippen LogP contribution in [0.25, 0.3) is 11.3 Å². The number of hydrogen-bond acceptors (Lipinski definition) is 4. The maximum absolute atomic E-state index is 13.1. The van der Waals surface area contributed by atoms with Gasteiger partial charge in [-0.1, -0.05) is 0 Å². The van der Waals surface area contributed by atoms with Crippen LogP contribution in [-0.2, 0) is 0 Å². The van der Waals surface area contributed by atoms with Crippen molar-refractivity contribution in [3.63, 3.8) is 0 Å². The fourth-order valence-corrected chi connectivity index (χ4v) is 2.40. The molecule has 0 amide bonds. The third-order valence-corrected chi connectivity index (χ3v) is 3.47. The van der Waals surface area contributed by atoms with Gasteiger partial charge in [0.2, 0.25) is 5.28 Å². The van der Waals surface area contributed by atoms with Gasteiger partial charge >= 0.3 is 12.9 Å². The number of halogens is 6. The topological polar surface area (TPSA) is 38.2 Å². The van der Waals surface area contributed by atoms with Crippen LogP contribution >= 0.6 is 11.6 Å². The van der Waals surface area contributed by atoms with E-state index in [4.69, 9.17) is 11.6 Å². The van der Waals surface area contributed by atoms with Crippen LogP contribution in [0.2, 0.25) is 5.28 Å². The highest BCUT2D eigenvalue weighted by Gasteiger charge is 2.31. The zero-order valence-electron chi connectivity index (χ0n) is 13.1. The molecular formula is C15H13ClF5N3O. The lowest BCUT2D eigenvalue weighted by Crippen LogP contribution is -2.30. The van der Waals surface area contributed by atoms with Crippen LogP contribution in [0.3, 0.4) is 0 Å². The Labute approximate surface area is 145 Å². The van der Waals surface area contributed by atoms with Crippen LogP contribution < -0.4 is 9.64 Å². The summed E-state index contributed by atoms with van der Waals surface area (Å²) in [7, 11) is 0. The van der Waals surface area contributed by atoms with Crippen LogP contribution in [-0.4, -0.2) is 29.4 Å². The highest BCUT2D eigenvalue weighted by atomic mass is 35.5. The number of benzene rings is 1. The second-order valence-corrected chi connectivity index (χ2v) is 5.26. The normalized spacial score (nSPS) is 11.7. The lowest BCUT2D eigenvalue weighted by Gasteiger charge is -2.23. The first-order valence-electron chi connectivity index (χ1n) is 7.07. The summed E-state index contributed by atoms with van der Waals surface area (Å²) < 4.78 is 66.7. The molecule has 0 unspecified atom stereocenters. The monoisotopic (exact) mass is 381 g/mol. The maximum Gasteiger partial charge on any atom is 0.573 e. The van der Waals surface area contributed by atoms with E-state index in [0.29, 0.717) is 11.1 Å². The average molecular weight is 382 g/mol. The number of aromatic nitrogens is 2. The quantitative estimate of drug-likeness (QED) is 0.412. The minimum absolute atomic E-state index is 0.0103. The van der Waals surface area contributed by atoms with Crippen molar-refractivity contribution in [1.29, 1.82) is 0 Å². The third kappa shape index (κ3) is 4.68. The molecule has 1 aromatic carbocycles. The molecule has 0 aliphatic heterocycles. The second kappa shape index (κ2) is 7.38. The first kappa shape index (κ1) is 19.2. The van der Waals surface area contributed by atoms with Gasteiger partial charge in [0, 0.05) is 17.7 Å². The van der Waals surface area contributed by atoms with E-state index < -0.39 is 18.7 Å². The van der Waals surface area contributed by atoms with Crippen molar-refractivity contribution in [2.75, 3.05) is 11.4 Å². The van der Waals surface area contributed by atoms with E-state index in [0.717, 1.165) is 17.0 Å². The van der Waals surface area contributed by atoms with Crippen LogP contribution in [0, 0.1) is 6.92 Å². The molecule has 0 fully saturated rings. The van der Waals surface area contributed by atoms with Gasteiger partial charge in [-0.25, -0.2) is 9.97 Å². The van der Waals surface area contributed by atoms with E-state index in [9.17, 15) is 22.0 Å². The zero-order valence-corrected chi connectivity index (χ0v) is 13.9. The Balaban J connectivity index is 2.44. The summed E-state index contributed by atoms with van der Waals surface area (Å²) >= 11 is 5.83. The molecule has 0 spiro atoms. The lowest BCUT2D eigenvalue weighted by atomic mass is 10.1. The number of alkyl halides is 5. The molecule has 2 aromatic rings. The summed E-state index contributed by atoms with van der Waals surface area (Å²) in [5.41, 5.74) is 0.964. The van der Waals surface area contributed by atoms with E-state index >= 15 is 0 Å². The molecule has 4 nitrogen and oxygen atoms in total. The Kier molecular flexibility index (Phi) is 5.66. The molecule has 0 radical (unpaired) electrons. The predicted octanol–water partition coefficient (Wildman–Crippen LogP) is 5.05. The predicted molar refractivity (Wildman–Crippen MR) is 82.9 cm³/mol. The summed E-state index contributed by atoms with van der Waals surface area (Å²) in [6, 6.07) is 4.86. The number of rotatable bonds is 5. The smallest absolute Gasteiger partial charge is 0.406 e. The van der Waals surface area contributed by atoms with Crippen LogP contribution in [0.1, 0.15) is 12.5 Å². The van der Waals surface area contributed by atoms with Crippen molar-refractivity contribution < 1.29 is 26.7 Å². The molecule has 0 saturated heterocycles. The summed E-state index contributed by atoms with van der Waals surface area (Å²) in [5.74, 6) is -0.444. The number of nitrogens with zero attached hydrogens (tertiary/aromatic N) is 3. The van der Waals surface area contributed by atoms with Crippen LogP contribution in [0.15, 0.2) is 24.3 Å². The summed E-state index contributed by atoms with van der Waals surface area (Å²) in [4.78, 5) is 8.59. The minimum atomic E-state index is -4.80. The first-order chi connectivity index (χ1) is 11.6. The number of hydrogen-bond donors (Lipinski definition) is 0. The maximum atomic E-state index is 13.1. The molecule has 0 aliphatic rings. The van der Waals surface area contributed by atoms with Gasteiger partial charge in [0.15, 0.2) is 0 Å². The third-order valence-electron chi connectivity index (χ3n) is 3.30. The van der Waals surface area contributed by atoms with Crippen LogP contribution in [0.5, 0.6) is 5.75 Å². The molecule has 1 aromatic heterocycles. The standard InChI is InChI=1S/C15H13ClF5N3O/c1-3-24(14(17)18)12-8(2)11(22-13(16)23-12)9-4-6-10(7-5-9)25-15(19,20)21/h4-7,14H,3H2,1-2H3. The molecule has 1 heterocycles. The van der Waals surface area contributed by atoms with E-state index in [-0.39, 0.29) is 23.3 Å². The summed E-state index contributed by atoms with van der Waals surface area (Å²) in [6.07, 6.45) is -4.80. The first-order valence-corrected chi connectivity index (χ1v) is 7.45. The fourth-order valence-electron chi connectivity index (χ4n) is 2.23. The van der Waals surface area contributed by atoms with E-state index in [2.05, 4.69) is 14.7 Å². The highest BCUT2D eigenvalue weighted by molar-refractivity contribution is 6.28. The van der Waals surface area contributed by atoms with Crippen molar-refractivity contribution in [3.8, 4) is 17.0 Å². The van der Waals surface area contributed by atoms with Crippen molar-refractivity contribution in [3.05, 3.63) is 35.1 Å². The van der Waals surface area contributed by atoms with Gasteiger partial charge in [0.05, 0.1) is 5.69 Å². The van der Waals surface area contributed by atoms with Gasteiger partial charge in [0.25, 0.3) is 0 Å². The number of ether oxygens (including phenoxy) is 1. The zero-order chi connectivity index (χ0) is 18.8. The fraction of sp³-hybridized carbons (Fsp3) is 0.333. The van der Waals surface area contributed by atoms with Crippen LogP contribution in [0.4, 0.5) is 27.8 Å². The lowest BCUT2D eigenvalue weighted by molar-refractivity contribution is -0.274. The van der Waals surface area contributed by atoms with Gasteiger partial charge in [-0.05, 0) is 49.7 Å². The molecule has 0 saturated carbocycles. The largest absolute Gasteiger partial charge is 0.573 e. The highest BCUT2D eigenvalue weighted by Crippen LogP contribution is 2.32. The SMILES string of the molecule is CCN(c1nc(Cl)nc(-c2ccc(OC(F)(F)F)cc2)c1C)C(F)F. The summed E-state index contributed by atoms with van der Waals surface area (Å²) in [5, 5.41) is -0.245. The van der Waals surface area contributed by atoms with Crippen molar-refractivity contribution in [1.82, 2.24) is 9.97 Å². The Morgan fingerprint density at radius 2 is 1.76 bits per heavy atom. The van der Waals surface area contributed by atoms with Gasteiger partial charge in [-0.2, -0.15) is 8.78 Å². The van der Waals surface area contributed by atoms with E-state index in [1.807, 2.05) is 0 Å². The van der Waals surface area contributed by atoms with Crippen molar-refractivity contribution in [2.45, 2.75) is 26.8 Å². The molecule has 136 valence electrons. The minimum Gasteiger partial charge on any atom is -0.406 e. The Bertz CT molecular complexity index is 737. The average Bonchev–Trinajstić information content (AvgIpc) is 2.50. The van der Waals surface area contributed by atoms with Crippen molar-refractivity contribution in [2.24, 2.45) is 0 Å². The van der Waals surface area contributed by atoms with Gasteiger partial charge in [0.1, 0.15) is 11.6 Å². The molecule has 0 aliphatic carbocycles. The molecule has 0 N–H and O–H groups in total.